The molecule has 0 aromatic heterocycles. The highest BCUT2D eigenvalue weighted by Gasteiger charge is 2.16. The van der Waals surface area contributed by atoms with Crippen molar-refractivity contribution in [2.45, 2.75) is 4.90 Å². The van der Waals surface area contributed by atoms with Gasteiger partial charge in [0, 0.05) is 5.56 Å². The van der Waals surface area contributed by atoms with Gasteiger partial charge in [-0.3, -0.25) is 4.72 Å². The zero-order valence-corrected chi connectivity index (χ0v) is 13.2. The molecule has 0 radical (unpaired) electrons. The molecule has 0 unspecified atom stereocenters. The molecule has 122 valence electrons. The van der Waals surface area contributed by atoms with Crippen LogP contribution in [0.15, 0.2) is 77.7 Å². The number of sulfonamides is 1. The van der Waals surface area contributed by atoms with Crippen LogP contribution in [0.2, 0.25) is 0 Å². The van der Waals surface area contributed by atoms with Crippen LogP contribution >= 0.6 is 0 Å². The maximum Gasteiger partial charge on any atom is 0.261 e. The minimum atomic E-state index is -3.78. The van der Waals surface area contributed by atoms with Gasteiger partial charge < -0.3 is 0 Å². The molecule has 24 heavy (non-hydrogen) atoms. The topological polar surface area (TPSA) is 46.2 Å². The van der Waals surface area contributed by atoms with Crippen LogP contribution in [-0.4, -0.2) is 8.42 Å². The summed E-state index contributed by atoms with van der Waals surface area (Å²) in [7, 11) is -3.78. The third-order valence-corrected chi connectivity index (χ3v) is 4.84. The van der Waals surface area contributed by atoms with Crippen molar-refractivity contribution >= 4 is 15.7 Å². The summed E-state index contributed by atoms with van der Waals surface area (Å²) in [6, 6.07) is 17.9. The lowest BCUT2D eigenvalue weighted by Gasteiger charge is -2.13. The third kappa shape index (κ3) is 3.28. The number of hydrogen-bond donors (Lipinski definition) is 1. The van der Waals surface area contributed by atoms with Crippen molar-refractivity contribution in [2.24, 2.45) is 0 Å². The summed E-state index contributed by atoms with van der Waals surface area (Å²) in [6.07, 6.45) is 0. The standard InChI is InChI=1S/C18H13F2NO2S/c19-16-11-10-13(12-17(16)20)15-8-4-5-9-18(15)21-24(22,23)14-6-2-1-3-7-14/h1-12,21H. The Kier molecular flexibility index (Phi) is 4.31. The second kappa shape index (κ2) is 6.41. The van der Waals surface area contributed by atoms with E-state index in [0.29, 0.717) is 11.1 Å². The molecule has 0 aliphatic carbocycles. The van der Waals surface area contributed by atoms with E-state index in [1.54, 1.807) is 42.5 Å². The largest absolute Gasteiger partial charge is 0.279 e. The molecule has 0 heterocycles. The maximum atomic E-state index is 13.5. The lowest BCUT2D eigenvalue weighted by Crippen LogP contribution is -2.13. The van der Waals surface area contributed by atoms with E-state index in [1.807, 2.05) is 0 Å². The Bertz CT molecular complexity index is 973. The van der Waals surface area contributed by atoms with Crippen LogP contribution in [0, 0.1) is 11.6 Å². The number of benzene rings is 3. The van der Waals surface area contributed by atoms with E-state index in [0.717, 1.165) is 12.1 Å². The van der Waals surface area contributed by atoms with Gasteiger partial charge in [-0.05, 0) is 35.9 Å². The lowest BCUT2D eigenvalue weighted by atomic mass is 10.0. The van der Waals surface area contributed by atoms with Crippen molar-refractivity contribution in [3.8, 4) is 11.1 Å². The van der Waals surface area contributed by atoms with E-state index < -0.39 is 21.7 Å². The fourth-order valence-corrected chi connectivity index (χ4v) is 3.39. The summed E-state index contributed by atoms with van der Waals surface area (Å²) in [5.74, 6) is -1.95. The van der Waals surface area contributed by atoms with Crippen molar-refractivity contribution in [3.05, 3.63) is 84.4 Å². The average Bonchev–Trinajstić information content (AvgIpc) is 2.58. The van der Waals surface area contributed by atoms with Gasteiger partial charge in [0.25, 0.3) is 10.0 Å². The number of anilines is 1. The van der Waals surface area contributed by atoms with Crippen LogP contribution < -0.4 is 4.72 Å². The number of para-hydroxylation sites is 1. The molecule has 0 aliphatic heterocycles. The summed E-state index contributed by atoms with van der Waals surface area (Å²) in [5, 5.41) is 0. The molecule has 3 aromatic rings. The predicted octanol–water partition coefficient (Wildman–Crippen LogP) is 4.43. The normalized spacial score (nSPS) is 11.2. The first-order chi connectivity index (χ1) is 11.5. The molecule has 6 heteroatoms. The first-order valence-corrected chi connectivity index (χ1v) is 8.58. The minimum Gasteiger partial charge on any atom is -0.279 e. The summed E-state index contributed by atoms with van der Waals surface area (Å²) >= 11 is 0. The van der Waals surface area contributed by atoms with Gasteiger partial charge in [-0.2, -0.15) is 0 Å². The monoisotopic (exact) mass is 345 g/mol. The van der Waals surface area contributed by atoms with Crippen molar-refractivity contribution in [3.63, 3.8) is 0 Å². The fraction of sp³-hybridized carbons (Fsp3) is 0. The molecule has 0 aliphatic rings. The Hall–Kier alpha value is -2.73. The van der Waals surface area contributed by atoms with Crippen molar-refractivity contribution in [1.29, 1.82) is 0 Å². The SMILES string of the molecule is O=S(=O)(Nc1ccccc1-c1ccc(F)c(F)c1)c1ccccc1. The van der Waals surface area contributed by atoms with E-state index in [-0.39, 0.29) is 10.6 Å². The summed E-state index contributed by atoms with van der Waals surface area (Å²) in [6.45, 7) is 0. The highest BCUT2D eigenvalue weighted by molar-refractivity contribution is 7.92. The first-order valence-electron chi connectivity index (χ1n) is 7.10. The lowest BCUT2D eigenvalue weighted by molar-refractivity contribution is 0.509. The third-order valence-electron chi connectivity index (χ3n) is 3.46. The summed E-state index contributed by atoms with van der Waals surface area (Å²) in [5.41, 5.74) is 1.11. The van der Waals surface area contributed by atoms with Crippen LogP contribution in [0.3, 0.4) is 0 Å². The van der Waals surface area contributed by atoms with Gasteiger partial charge in [0.2, 0.25) is 0 Å². The predicted molar refractivity (Wildman–Crippen MR) is 89.0 cm³/mol. The molecule has 0 fully saturated rings. The highest BCUT2D eigenvalue weighted by Crippen LogP contribution is 2.30. The Morgan fingerprint density at radius 2 is 1.42 bits per heavy atom. The second-order valence-electron chi connectivity index (χ2n) is 5.09. The minimum absolute atomic E-state index is 0.116. The highest BCUT2D eigenvalue weighted by atomic mass is 32.2. The molecule has 3 nitrogen and oxygen atoms in total. The molecule has 0 spiro atoms. The first kappa shape index (κ1) is 16.1. The van der Waals surface area contributed by atoms with Gasteiger partial charge in [0.05, 0.1) is 10.6 Å². The summed E-state index contributed by atoms with van der Waals surface area (Å²) in [4.78, 5) is 0.116. The van der Waals surface area contributed by atoms with Crippen molar-refractivity contribution < 1.29 is 17.2 Å². The van der Waals surface area contributed by atoms with Gasteiger partial charge in [-0.15, -0.1) is 0 Å². The number of nitrogens with one attached hydrogen (secondary N) is 1. The number of halogens is 2. The van der Waals surface area contributed by atoms with Crippen LogP contribution in [0.4, 0.5) is 14.5 Å². The fourth-order valence-electron chi connectivity index (χ4n) is 2.29. The van der Waals surface area contributed by atoms with E-state index in [2.05, 4.69) is 4.72 Å². The molecule has 0 atom stereocenters. The molecule has 3 aromatic carbocycles. The van der Waals surface area contributed by atoms with Gasteiger partial charge in [0.1, 0.15) is 0 Å². The molecular weight excluding hydrogens is 332 g/mol. The second-order valence-corrected chi connectivity index (χ2v) is 6.78. The molecule has 0 saturated heterocycles. The van der Waals surface area contributed by atoms with E-state index in [4.69, 9.17) is 0 Å². The molecular formula is C18H13F2NO2S. The quantitative estimate of drug-likeness (QED) is 0.760. The Balaban J connectivity index is 2.03. The van der Waals surface area contributed by atoms with Gasteiger partial charge >= 0.3 is 0 Å². The summed E-state index contributed by atoms with van der Waals surface area (Å²) < 4.78 is 54.0. The zero-order chi connectivity index (χ0) is 17.2. The average molecular weight is 345 g/mol. The van der Waals surface area contributed by atoms with Gasteiger partial charge in [-0.25, -0.2) is 17.2 Å². The number of rotatable bonds is 4. The molecule has 0 bridgehead atoms. The Labute approximate surface area is 138 Å². The van der Waals surface area contributed by atoms with Crippen molar-refractivity contribution in [2.75, 3.05) is 4.72 Å². The van der Waals surface area contributed by atoms with Crippen LogP contribution in [-0.2, 0) is 10.0 Å². The van der Waals surface area contributed by atoms with Crippen LogP contribution in [0.25, 0.3) is 11.1 Å². The van der Waals surface area contributed by atoms with Crippen LogP contribution in [0.1, 0.15) is 0 Å². The molecule has 0 saturated carbocycles. The molecule has 0 amide bonds. The van der Waals surface area contributed by atoms with Gasteiger partial charge in [0.15, 0.2) is 11.6 Å². The smallest absolute Gasteiger partial charge is 0.261 e. The maximum absolute atomic E-state index is 13.5. The van der Waals surface area contributed by atoms with E-state index in [1.165, 1.54) is 18.2 Å². The molecule has 3 rings (SSSR count). The molecule has 1 N–H and O–H groups in total. The Morgan fingerprint density at radius 3 is 2.12 bits per heavy atom. The Morgan fingerprint density at radius 1 is 0.750 bits per heavy atom. The van der Waals surface area contributed by atoms with E-state index in [9.17, 15) is 17.2 Å². The van der Waals surface area contributed by atoms with Crippen molar-refractivity contribution in [1.82, 2.24) is 0 Å². The zero-order valence-electron chi connectivity index (χ0n) is 12.4. The van der Waals surface area contributed by atoms with Crippen LogP contribution in [0.5, 0.6) is 0 Å². The van der Waals surface area contributed by atoms with E-state index >= 15 is 0 Å². The number of hydrogen-bond acceptors (Lipinski definition) is 2. The van der Waals surface area contributed by atoms with Gasteiger partial charge in [-0.1, -0.05) is 42.5 Å².